The molecule has 0 radical (unpaired) electrons. The number of nitrogens with two attached hydrogens (primary N) is 1. The molecule has 0 saturated heterocycles. The minimum absolute atomic E-state index is 0.211. The monoisotopic (exact) mass is 235 g/mol. The number of hydrogen-bond acceptors (Lipinski definition) is 2. The molecule has 0 aliphatic rings. The van der Waals surface area contributed by atoms with E-state index in [1.165, 1.54) is 6.07 Å². The van der Waals surface area contributed by atoms with Crippen LogP contribution in [-0.4, -0.2) is 12.1 Å². The average Bonchev–Trinajstić information content (AvgIpc) is 2.25. The predicted molar refractivity (Wildman–Crippen MR) is 66.9 cm³/mol. The van der Waals surface area contributed by atoms with Gasteiger partial charge in [0.1, 0.15) is 5.82 Å². The molecule has 1 aromatic carbocycles. The Morgan fingerprint density at radius 1 is 1.35 bits per heavy atom. The lowest BCUT2D eigenvalue weighted by Gasteiger charge is -2.19. The second-order valence-corrected chi connectivity index (χ2v) is 4.72. The number of hydrogen-bond donors (Lipinski definition) is 1. The first kappa shape index (κ1) is 13.7. The largest absolute Gasteiger partial charge is 0.371 e. The van der Waals surface area contributed by atoms with E-state index in [2.05, 4.69) is 11.8 Å². The lowest BCUT2D eigenvalue weighted by molar-refractivity contribution is -0.0149. The zero-order valence-corrected chi connectivity index (χ0v) is 10.5. The minimum Gasteiger partial charge on any atom is -0.371 e. The first-order valence-corrected chi connectivity index (χ1v) is 5.54. The zero-order valence-electron chi connectivity index (χ0n) is 10.5. The Morgan fingerprint density at radius 2 is 2.06 bits per heavy atom. The summed E-state index contributed by atoms with van der Waals surface area (Å²) in [5.74, 6) is 5.02. The molecule has 0 fully saturated rings. The van der Waals surface area contributed by atoms with Crippen LogP contribution >= 0.6 is 0 Å². The van der Waals surface area contributed by atoms with E-state index in [9.17, 15) is 4.39 Å². The molecule has 0 aliphatic heterocycles. The third kappa shape index (κ3) is 4.99. The van der Waals surface area contributed by atoms with Crippen molar-refractivity contribution in [2.45, 2.75) is 33.0 Å². The lowest BCUT2D eigenvalue weighted by Crippen LogP contribution is -2.18. The molecule has 0 amide bonds. The van der Waals surface area contributed by atoms with Gasteiger partial charge in [-0.25, -0.2) is 4.39 Å². The van der Waals surface area contributed by atoms with E-state index in [0.29, 0.717) is 12.2 Å². The summed E-state index contributed by atoms with van der Waals surface area (Å²) < 4.78 is 19.0. The van der Waals surface area contributed by atoms with Gasteiger partial charge in [-0.15, -0.1) is 0 Å². The molecule has 17 heavy (non-hydrogen) atoms. The molecule has 0 saturated carbocycles. The normalized spacial score (nSPS) is 10.9. The Morgan fingerprint density at radius 3 is 2.65 bits per heavy atom. The van der Waals surface area contributed by atoms with Crippen molar-refractivity contribution < 1.29 is 9.13 Å². The number of halogens is 1. The highest BCUT2D eigenvalue weighted by atomic mass is 19.1. The van der Waals surface area contributed by atoms with E-state index in [4.69, 9.17) is 10.5 Å². The van der Waals surface area contributed by atoms with E-state index < -0.39 is 0 Å². The Kier molecular flexibility index (Phi) is 4.68. The van der Waals surface area contributed by atoms with Crippen LogP contribution in [0.15, 0.2) is 18.2 Å². The Balaban J connectivity index is 2.82. The molecule has 1 rings (SSSR count). The molecule has 2 N–H and O–H groups in total. The molecular weight excluding hydrogens is 217 g/mol. The van der Waals surface area contributed by atoms with Crippen molar-refractivity contribution >= 4 is 0 Å². The summed E-state index contributed by atoms with van der Waals surface area (Å²) in [5.41, 5.74) is 6.32. The van der Waals surface area contributed by atoms with Crippen LogP contribution in [0.3, 0.4) is 0 Å². The molecule has 0 atom stereocenters. The van der Waals surface area contributed by atoms with Crippen molar-refractivity contribution in [2.75, 3.05) is 6.54 Å². The van der Waals surface area contributed by atoms with Crippen molar-refractivity contribution in [3.8, 4) is 11.8 Å². The number of rotatable bonds is 2. The number of benzene rings is 1. The summed E-state index contributed by atoms with van der Waals surface area (Å²) in [7, 11) is 0. The fraction of sp³-hybridized carbons (Fsp3) is 0.429. The van der Waals surface area contributed by atoms with E-state index in [1.54, 1.807) is 12.1 Å². The highest BCUT2D eigenvalue weighted by molar-refractivity contribution is 5.38. The average molecular weight is 235 g/mol. The van der Waals surface area contributed by atoms with E-state index in [0.717, 1.165) is 5.56 Å². The molecule has 0 spiro atoms. The van der Waals surface area contributed by atoms with Crippen molar-refractivity contribution in [2.24, 2.45) is 5.73 Å². The highest BCUT2D eigenvalue weighted by Gasteiger charge is 2.10. The van der Waals surface area contributed by atoms with Gasteiger partial charge in [-0.05, 0) is 38.5 Å². The highest BCUT2D eigenvalue weighted by Crippen LogP contribution is 2.14. The molecule has 2 nitrogen and oxygen atoms in total. The molecule has 0 unspecified atom stereocenters. The topological polar surface area (TPSA) is 35.2 Å². The summed E-state index contributed by atoms with van der Waals surface area (Å²) in [4.78, 5) is 0. The molecule has 0 aromatic heterocycles. The first-order chi connectivity index (χ1) is 7.92. The summed E-state index contributed by atoms with van der Waals surface area (Å²) in [6.07, 6.45) is 0. The summed E-state index contributed by atoms with van der Waals surface area (Å²) in [6, 6.07) is 4.81. The van der Waals surface area contributed by atoms with Gasteiger partial charge in [-0.2, -0.15) is 0 Å². The fourth-order valence-electron chi connectivity index (χ4n) is 1.20. The molecular formula is C14H18FNO. The van der Waals surface area contributed by atoms with Crippen LogP contribution in [0.2, 0.25) is 0 Å². The smallest absolute Gasteiger partial charge is 0.138 e. The molecule has 0 bridgehead atoms. The van der Waals surface area contributed by atoms with Crippen LogP contribution in [0.25, 0.3) is 0 Å². The summed E-state index contributed by atoms with van der Waals surface area (Å²) in [6.45, 7) is 6.60. The van der Waals surface area contributed by atoms with E-state index in [-0.39, 0.29) is 18.0 Å². The second kappa shape index (κ2) is 5.81. The van der Waals surface area contributed by atoms with Gasteiger partial charge in [0.05, 0.1) is 24.3 Å². The Hall–Kier alpha value is -1.37. The van der Waals surface area contributed by atoms with Crippen LogP contribution in [0.4, 0.5) is 4.39 Å². The van der Waals surface area contributed by atoms with Crippen LogP contribution in [0.1, 0.15) is 31.9 Å². The SMILES string of the molecule is CC(C)(C)OCc1ccc(F)c(C#CCN)c1. The van der Waals surface area contributed by atoms with E-state index >= 15 is 0 Å². The standard InChI is InChI=1S/C14H18FNO/c1-14(2,3)17-10-11-6-7-13(15)12(9-11)5-4-8-16/h6-7,9H,8,10,16H2,1-3H3. The van der Waals surface area contributed by atoms with Gasteiger partial charge in [0, 0.05) is 0 Å². The van der Waals surface area contributed by atoms with E-state index in [1.807, 2.05) is 20.8 Å². The molecule has 0 heterocycles. The summed E-state index contributed by atoms with van der Waals surface area (Å²) >= 11 is 0. The summed E-state index contributed by atoms with van der Waals surface area (Å²) in [5, 5.41) is 0. The first-order valence-electron chi connectivity index (χ1n) is 5.54. The van der Waals surface area contributed by atoms with Crippen molar-refractivity contribution in [3.05, 3.63) is 35.1 Å². The maximum atomic E-state index is 13.4. The Labute approximate surface area is 102 Å². The van der Waals surface area contributed by atoms with Crippen LogP contribution < -0.4 is 5.73 Å². The zero-order chi connectivity index (χ0) is 12.9. The number of ether oxygens (including phenoxy) is 1. The third-order valence-electron chi connectivity index (χ3n) is 2.03. The molecule has 3 heteroatoms. The predicted octanol–water partition coefficient (Wildman–Crippen LogP) is 2.45. The van der Waals surface area contributed by atoms with Crippen LogP contribution in [-0.2, 0) is 11.3 Å². The fourth-order valence-corrected chi connectivity index (χ4v) is 1.20. The second-order valence-electron chi connectivity index (χ2n) is 4.72. The molecule has 1 aromatic rings. The third-order valence-corrected chi connectivity index (χ3v) is 2.03. The van der Waals surface area contributed by atoms with Gasteiger partial charge < -0.3 is 10.5 Å². The maximum Gasteiger partial charge on any atom is 0.138 e. The van der Waals surface area contributed by atoms with Gasteiger partial charge >= 0.3 is 0 Å². The van der Waals surface area contributed by atoms with Gasteiger partial charge in [-0.3, -0.25) is 0 Å². The minimum atomic E-state index is -0.328. The van der Waals surface area contributed by atoms with Crippen molar-refractivity contribution in [1.29, 1.82) is 0 Å². The van der Waals surface area contributed by atoms with Gasteiger partial charge in [0.2, 0.25) is 0 Å². The maximum absolute atomic E-state index is 13.4. The van der Waals surface area contributed by atoms with Crippen molar-refractivity contribution in [1.82, 2.24) is 0 Å². The lowest BCUT2D eigenvalue weighted by atomic mass is 10.1. The quantitative estimate of drug-likeness (QED) is 0.799. The van der Waals surface area contributed by atoms with Crippen LogP contribution in [0.5, 0.6) is 0 Å². The van der Waals surface area contributed by atoms with Gasteiger partial charge in [-0.1, -0.05) is 17.9 Å². The van der Waals surface area contributed by atoms with Gasteiger partial charge in [0.15, 0.2) is 0 Å². The Bertz CT molecular complexity index is 438. The molecule has 92 valence electrons. The van der Waals surface area contributed by atoms with Crippen molar-refractivity contribution in [3.63, 3.8) is 0 Å². The molecule has 0 aliphatic carbocycles. The van der Waals surface area contributed by atoms with Crippen LogP contribution in [0, 0.1) is 17.7 Å². The van der Waals surface area contributed by atoms with Gasteiger partial charge in [0.25, 0.3) is 0 Å².